The summed E-state index contributed by atoms with van der Waals surface area (Å²) >= 11 is 1.35. The minimum absolute atomic E-state index is 0.0685. The molecule has 0 saturated heterocycles. The van der Waals surface area contributed by atoms with Crippen LogP contribution in [0.5, 0.6) is 0 Å². The topological polar surface area (TPSA) is 73.0 Å². The summed E-state index contributed by atoms with van der Waals surface area (Å²) < 4.78 is 7.18. The van der Waals surface area contributed by atoms with Crippen molar-refractivity contribution in [2.45, 2.75) is 25.9 Å². The number of aromatic nitrogens is 3. The molecule has 0 atom stereocenters. The highest BCUT2D eigenvalue weighted by atomic mass is 32.2. The summed E-state index contributed by atoms with van der Waals surface area (Å²) in [6.45, 7) is 5.90. The molecule has 130 valence electrons. The Kier molecular flexibility index (Phi) is 4.94. The third-order valence-electron chi connectivity index (χ3n) is 3.92. The molecule has 0 unspecified atom stereocenters. The molecule has 0 bridgehead atoms. The van der Waals surface area contributed by atoms with Gasteiger partial charge in [-0.2, -0.15) is 0 Å². The summed E-state index contributed by atoms with van der Waals surface area (Å²) in [7, 11) is 1.88. The molecule has 2 aromatic heterocycles. The lowest BCUT2D eigenvalue weighted by Gasteiger charge is -2.09. The number of thioether (sulfide) groups is 1. The average Bonchev–Trinajstić information content (AvgIpc) is 3.14. The van der Waals surface area contributed by atoms with Crippen molar-refractivity contribution >= 4 is 23.4 Å². The van der Waals surface area contributed by atoms with E-state index < -0.39 is 0 Å². The number of aryl methyl sites for hydroxylation is 3. The maximum Gasteiger partial charge on any atom is 0.234 e. The standard InChI is InChI=1S/C18H20N4O2S/c1-11-5-6-15(12(2)9-11)19-16(23)10-25-18-21-20-17(22(18)4)14-7-8-24-13(14)3/h5-9H,10H2,1-4H3,(H,19,23). The number of carbonyl (C=O) groups is 1. The van der Waals surface area contributed by atoms with Crippen LogP contribution in [-0.4, -0.2) is 26.4 Å². The number of rotatable bonds is 5. The van der Waals surface area contributed by atoms with Gasteiger partial charge >= 0.3 is 0 Å². The molecule has 2 heterocycles. The summed E-state index contributed by atoms with van der Waals surface area (Å²) in [5.41, 5.74) is 3.96. The molecule has 0 aliphatic rings. The number of furan rings is 1. The Bertz CT molecular complexity index is 914. The van der Waals surface area contributed by atoms with Crippen molar-refractivity contribution in [3.8, 4) is 11.4 Å². The van der Waals surface area contributed by atoms with Crippen LogP contribution in [0.2, 0.25) is 0 Å². The Morgan fingerprint density at radius 3 is 2.72 bits per heavy atom. The van der Waals surface area contributed by atoms with E-state index in [1.807, 2.05) is 56.7 Å². The monoisotopic (exact) mass is 356 g/mol. The lowest BCUT2D eigenvalue weighted by molar-refractivity contribution is -0.113. The van der Waals surface area contributed by atoms with Gasteiger partial charge in [0.15, 0.2) is 11.0 Å². The smallest absolute Gasteiger partial charge is 0.234 e. The first-order valence-corrected chi connectivity index (χ1v) is 8.88. The quantitative estimate of drug-likeness (QED) is 0.705. The first-order chi connectivity index (χ1) is 12.0. The van der Waals surface area contributed by atoms with Crippen LogP contribution >= 0.6 is 11.8 Å². The van der Waals surface area contributed by atoms with E-state index in [2.05, 4.69) is 15.5 Å². The molecule has 0 radical (unpaired) electrons. The molecule has 1 N–H and O–H groups in total. The molecule has 1 amide bonds. The highest BCUT2D eigenvalue weighted by molar-refractivity contribution is 7.99. The van der Waals surface area contributed by atoms with Crippen LogP contribution in [0, 0.1) is 20.8 Å². The molecule has 0 fully saturated rings. The van der Waals surface area contributed by atoms with Crippen LogP contribution in [0.25, 0.3) is 11.4 Å². The fourth-order valence-electron chi connectivity index (χ4n) is 2.56. The zero-order valence-corrected chi connectivity index (χ0v) is 15.5. The van der Waals surface area contributed by atoms with Crippen molar-refractivity contribution < 1.29 is 9.21 Å². The molecular weight excluding hydrogens is 336 g/mol. The van der Waals surface area contributed by atoms with Crippen LogP contribution in [0.3, 0.4) is 0 Å². The SMILES string of the molecule is Cc1ccc(NC(=O)CSc2nnc(-c3ccoc3C)n2C)c(C)c1. The van der Waals surface area contributed by atoms with E-state index in [1.165, 1.54) is 17.3 Å². The molecule has 0 spiro atoms. The fourth-order valence-corrected chi connectivity index (χ4v) is 3.27. The van der Waals surface area contributed by atoms with Crippen LogP contribution in [0.1, 0.15) is 16.9 Å². The number of carbonyl (C=O) groups excluding carboxylic acids is 1. The summed E-state index contributed by atoms with van der Waals surface area (Å²) in [5.74, 6) is 1.72. The van der Waals surface area contributed by atoms with Gasteiger partial charge < -0.3 is 14.3 Å². The van der Waals surface area contributed by atoms with Gasteiger partial charge in [-0.3, -0.25) is 4.79 Å². The Balaban J connectivity index is 1.65. The summed E-state index contributed by atoms with van der Waals surface area (Å²) in [5, 5.41) is 12.0. The number of benzene rings is 1. The minimum atomic E-state index is -0.0685. The van der Waals surface area contributed by atoms with Crippen molar-refractivity contribution in [3.05, 3.63) is 47.4 Å². The number of hydrogen-bond donors (Lipinski definition) is 1. The van der Waals surface area contributed by atoms with Gasteiger partial charge in [-0.1, -0.05) is 29.5 Å². The molecule has 7 heteroatoms. The second-order valence-corrected chi connectivity index (χ2v) is 6.85. The van der Waals surface area contributed by atoms with E-state index >= 15 is 0 Å². The zero-order chi connectivity index (χ0) is 18.0. The predicted molar refractivity (Wildman–Crippen MR) is 98.7 cm³/mol. The van der Waals surface area contributed by atoms with Gasteiger partial charge in [0, 0.05) is 12.7 Å². The first kappa shape index (κ1) is 17.3. The van der Waals surface area contributed by atoms with Crippen molar-refractivity contribution in [1.82, 2.24) is 14.8 Å². The lowest BCUT2D eigenvalue weighted by Crippen LogP contribution is -2.15. The summed E-state index contributed by atoms with van der Waals surface area (Å²) in [4.78, 5) is 12.2. The van der Waals surface area contributed by atoms with Crippen LogP contribution in [-0.2, 0) is 11.8 Å². The number of amides is 1. The molecule has 3 rings (SSSR count). The van der Waals surface area contributed by atoms with Gasteiger partial charge in [0.05, 0.1) is 17.6 Å². The third kappa shape index (κ3) is 3.76. The maximum absolute atomic E-state index is 12.2. The Morgan fingerprint density at radius 1 is 1.24 bits per heavy atom. The van der Waals surface area contributed by atoms with E-state index in [1.54, 1.807) is 6.26 Å². The number of nitrogens with one attached hydrogen (secondary N) is 1. The third-order valence-corrected chi connectivity index (χ3v) is 4.94. The number of anilines is 1. The maximum atomic E-state index is 12.2. The van der Waals surface area contributed by atoms with Crippen molar-refractivity contribution in [2.24, 2.45) is 7.05 Å². The Labute approximate surface area is 150 Å². The lowest BCUT2D eigenvalue weighted by atomic mass is 10.1. The highest BCUT2D eigenvalue weighted by Gasteiger charge is 2.16. The molecule has 3 aromatic rings. The Morgan fingerprint density at radius 2 is 2.04 bits per heavy atom. The second-order valence-electron chi connectivity index (χ2n) is 5.91. The molecule has 6 nitrogen and oxygen atoms in total. The normalized spacial score (nSPS) is 10.9. The molecule has 25 heavy (non-hydrogen) atoms. The van der Waals surface area contributed by atoms with Gasteiger partial charge in [0.25, 0.3) is 0 Å². The van der Waals surface area contributed by atoms with Crippen LogP contribution in [0.15, 0.2) is 40.1 Å². The molecule has 1 aromatic carbocycles. The van der Waals surface area contributed by atoms with E-state index in [0.29, 0.717) is 5.16 Å². The van der Waals surface area contributed by atoms with E-state index in [4.69, 9.17) is 4.42 Å². The first-order valence-electron chi connectivity index (χ1n) is 7.89. The Hall–Kier alpha value is -2.54. The van der Waals surface area contributed by atoms with Crippen molar-refractivity contribution in [2.75, 3.05) is 11.1 Å². The van der Waals surface area contributed by atoms with E-state index in [0.717, 1.165) is 28.4 Å². The van der Waals surface area contributed by atoms with Gasteiger partial charge in [0.2, 0.25) is 5.91 Å². The fraction of sp³-hybridized carbons (Fsp3) is 0.278. The predicted octanol–water partition coefficient (Wildman–Crippen LogP) is 3.73. The van der Waals surface area contributed by atoms with Crippen LogP contribution < -0.4 is 5.32 Å². The molecule has 0 saturated carbocycles. The number of nitrogens with zero attached hydrogens (tertiary/aromatic N) is 3. The van der Waals surface area contributed by atoms with E-state index in [-0.39, 0.29) is 11.7 Å². The zero-order valence-electron chi connectivity index (χ0n) is 14.7. The van der Waals surface area contributed by atoms with Gasteiger partial charge in [-0.05, 0) is 38.5 Å². The molecular formula is C18H20N4O2S. The average molecular weight is 356 g/mol. The van der Waals surface area contributed by atoms with Gasteiger partial charge in [-0.15, -0.1) is 10.2 Å². The van der Waals surface area contributed by atoms with Gasteiger partial charge in [0.1, 0.15) is 5.76 Å². The molecule has 0 aliphatic carbocycles. The second kappa shape index (κ2) is 7.14. The van der Waals surface area contributed by atoms with Crippen LogP contribution in [0.4, 0.5) is 5.69 Å². The largest absolute Gasteiger partial charge is 0.469 e. The van der Waals surface area contributed by atoms with Crippen molar-refractivity contribution in [3.63, 3.8) is 0 Å². The highest BCUT2D eigenvalue weighted by Crippen LogP contribution is 2.26. The summed E-state index contributed by atoms with van der Waals surface area (Å²) in [6, 6.07) is 7.82. The molecule has 0 aliphatic heterocycles. The van der Waals surface area contributed by atoms with Crippen molar-refractivity contribution in [1.29, 1.82) is 0 Å². The van der Waals surface area contributed by atoms with E-state index in [9.17, 15) is 4.79 Å². The minimum Gasteiger partial charge on any atom is -0.469 e. The number of hydrogen-bond acceptors (Lipinski definition) is 5. The van der Waals surface area contributed by atoms with Gasteiger partial charge in [-0.25, -0.2) is 0 Å². The summed E-state index contributed by atoms with van der Waals surface area (Å²) in [6.07, 6.45) is 1.63.